The van der Waals surface area contributed by atoms with Crippen LogP contribution in [0.4, 0.5) is 0 Å². The molecule has 0 saturated heterocycles. The average molecular weight is 266 g/mol. The van der Waals surface area contributed by atoms with Crippen molar-refractivity contribution < 1.29 is 0 Å². The molecule has 0 heteroatoms. The van der Waals surface area contributed by atoms with Gasteiger partial charge in [-0.2, -0.15) is 0 Å². The van der Waals surface area contributed by atoms with Crippen LogP contribution < -0.4 is 0 Å². The minimum atomic E-state index is 1.32. The fourth-order valence-corrected chi connectivity index (χ4v) is 2.35. The van der Waals surface area contributed by atoms with E-state index in [0.29, 0.717) is 0 Å². The zero-order valence-electron chi connectivity index (χ0n) is 13.6. The molecule has 0 heterocycles. The van der Waals surface area contributed by atoms with Crippen molar-refractivity contribution in [2.45, 2.75) is 41.5 Å². The van der Waals surface area contributed by atoms with Gasteiger partial charge in [-0.3, -0.25) is 0 Å². The summed E-state index contributed by atoms with van der Waals surface area (Å²) in [6.07, 6.45) is 0. The highest BCUT2D eigenvalue weighted by atomic mass is 14.1. The second-order valence-corrected chi connectivity index (χ2v) is 4.39. The zero-order valence-corrected chi connectivity index (χ0v) is 13.6. The largest absolute Gasteiger partial charge is 0.0683 e. The Labute approximate surface area is 123 Å². The van der Waals surface area contributed by atoms with Gasteiger partial charge in [-0.1, -0.05) is 76.2 Å². The summed E-state index contributed by atoms with van der Waals surface area (Å²) in [5.41, 5.74) is 2.76. The Kier molecular flexibility index (Phi) is 6.24. The van der Waals surface area contributed by atoms with Crippen molar-refractivity contribution in [3.05, 3.63) is 59.7 Å². The Bertz CT molecular complexity index is 678. The van der Waals surface area contributed by atoms with Gasteiger partial charge in [-0.05, 0) is 46.5 Å². The van der Waals surface area contributed by atoms with Crippen molar-refractivity contribution in [1.82, 2.24) is 0 Å². The molecule has 3 aromatic rings. The number of benzene rings is 3. The fraction of sp³-hybridized carbons (Fsp3) is 0.300. The topological polar surface area (TPSA) is 0 Å². The van der Waals surface area contributed by atoms with Crippen LogP contribution in [-0.4, -0.2) is 0 Å². The molecule has 3 rings (SSSR count). The highest BCUT2D eigenvalue weighted by molar-refractivity contribution is 6.08. The van der Waals surface area contributed by atoms with Gasteiger partial charge in [-0.25, -0.2) is 0 Å². The molecular weight excluding hydrogens is 240 g/mol. The van der Waals surface area contributed by atoms with Crippen LogP contribution in [0.1, 0.15) is 38.8 Å². The number of fused-ring (bicyclic) bond motifs is 3. The van der Waals surface area contributed by atoms with E-state index >= 15 is 0 Å². The maximum atomic E-state index is 2.24. The van der Waals surface area contributed by atoms with E-state index in [4.69, 9.17) is 0 Å². The molecule has 0 aliphatic carbocycles. The van der Waals surface area contributed by atoms with Crippen LogP contribution in [-0.2, 0) is 0 Å². The minimum absolute atomic E-state index is 1.32. The Hall–Kier alpha value is -1.82. The van der Waals surface area contributed by atoms with Crippen LogP contribution in [0.3, 0.4) is 0 Å². The van der Waals surface area contributed by atoms with Crippen molar-refractivity contribution in [1.29, 1.82) is 0 Å². The quantitative estimate of drug-likeness (QED) is 0.399. The van der Waals surface area contributed by atoms with Gasteiger partial charge in [0.15, 0.2) is 0 Å². The van der Waals surface area contributed by atoms with E-state index < -0.39 is 0 Å². The molecule has 106 valence electrons. The second-order valence-electron chi connectivity index (χ2n) is 4.39. The highest BCUT2D eigenvalue weighted by Gasteiger charge is 2.03. The number of hydrogen-bond donors (Lipinski definition) is 0. The smallest absolute Gasteiger partial charge is 0.0103 e. The molecule has 0 aromatic heterocycles. The molecule has 0 fully saturated rings. The molecule has 0 N–H and O–H groups in total. The van der Waals surface area contributed by atoms with Crippen LogP contribution in [0, 0.1) is 13.8 Å². The van der Waals surface area contributed by atoms with Crippen LogP contribution >= 0.6 is 0 Å². The molecule has 0 spiro atoms. The summed E-state index contributed by atoms with van der Waals surface area (Å²) < 4.78 is 0. The monoisotopic (exact) mass is 266 g/mol. The van der Waals surface area contributed by atoms with Gasteiger partial charge >= 0.3 is 0 Å². The molecule has 0 saturated carbocycles. The summed E-state index contributed by atoms with van der Waals surface area (Å²) in [6, 6.07) is 17.5. The van der Waals surface area contributed by atoms with Crippen molar-refractivity contribution in [3.63, 3.8) is 0 Å². The lowest BCUT2D eigenvalue weighted by molar-refractivity contribution is 1.38. The lowest BCUT2D eigenvalue weighted by Crippen LogP contribution is -1.84. The molecule has 0 bridgehead atoms. The van der Waals surface area contributed by atoms with Crippen LogP contribution in [0.5, 0.6) is 0 Å². The van der Waals surface area contributed by atoms with Crippen LogP contribution in [0.25, 0.3) is 21.5 Å². The zero-order chi connectivity index (χ0) is 15.1. The lowest BCUT2D eigenvalue weighted by Gasteiger charge is -2.08. The van der Waals surface area contributed by atoms with Gasteiger partial charge in [-0.15, -0.1) is 0 Å². The maximum Gasteiger partial charge on any atom is -0.0103 e. The van der Waals surface area contributed by atoms with Crippen molar-refractivity contribution in [2.75, 3.05) is 0 Å². The molecule has 0 amide bonds. The first kappa shape index (κ1) is 16.2. The Morgan fingerprint density at radius 1 is 0.550 bits per heavy atom. The van der Waals surface area contributed by atoms with Crippen LogP contribution in [0.15, 0.2) is 48.5 Å². The van der Waals surface area contributed by atoms with E-state index in [1.54, 1.807) is 0 Å². The lowest BCUT2D eigenvalue weighted by atomic mass is 9.96. The molecular formula is C20H26. The predicted octanol–water partition coefficient (Wildman–Crippen LogP) is 6.66. The molecule has 20 heavy (non-hydrogen) atoms. The minimum Gasteiger partial charge on any atom is -0.0683 e. The first-order valence-electron chi connectivity index (χ1n) is 7.65. The summed E-state index contributed by atoms with van der Waals surface area (Å²) in [4.78, 5) is 0. The second kappa shape index (κ2) is 7.69. The van der Waals surface area contributed by atoms with Gasteiger partial charge < -0.3 is 0 Å². The van der Waals surface area contributed by atoms with E-state index in [0.717, 1.165) is 0 Å². The van der Waals surface area contributed by atoms with Crippen molar-refractivity contribution in [3.8, 4) is 0 Å². The van der Waals surface area contributed by atoms with E-state index in [-0.39, 0.29) is 0 Å². The Morgan fingerprint density at radius 2 is 1.15 bits per heavy atom. The molecule has 0 aliphatic rings. The summed E-state index contributed by atoms with van der Waals surface area (Å²) in [6.45, 7) is 12.4. The molecule has 0 aliphatic heterocycles. The Morgan fingerprint density at radius 3 is 1.85 bits per heavy atom. The molecule has 0 nitrogen and oxygen atoms in total. The maximum absolute atomic E-state index is 2.24. The van der Waals surface area contributed by atoms with Crippen molar-refractivity contribution in [2.24, 2.45) is 0 Å². The van der Waals surface area contributed by atoms with Gasteiger partial charge in [0.05, 0.1) is 0 Å². The number of rotatable bonds is 0. The molecule has 0 atom stereocenters. The third-order valence-corrected chi connectivity index (χ3v) is 3.47. The molecule has 0 unspecified atom stereocenters. The summed E-state index contributed by atoms with van der Waals surface area (Å²) in [5.74, 6) is 0. The SMILES string of the molecule is CC.CC.Cc1ccc2c(ccc3ccccc32)c1C. The third-order valence-electron chi connectivity index (χ3n) is 3.47. The average Bonchev–Trinajstić information content (AvgIpc) is 2.54. The summed E-state index contributed by atoms with van der Waals surface area (Å²) >= 11 is 0. The van der Waals surface area contributed by atoms with E-state index in [1.165, 1.54) is 32.7 Å². The fourth-order valence-electron chi connectivity index (χ4n) is 2.35. The van der Waals surface area contributed by atoms with E-state index in [9.17, 15) is 0 Å². The number of hydrogen-bond acceptors (Lipinski definition) is 0. The molecule has 3 aromatic carbocycles. The van der Waals surface area contributed by atoms with Crippen LogP contribution in [0.2, 0.25) is 0 Å². The Balaban J connectivity index is 0.000000461. The first-order chi connectivity index (χ1) is 9.77. The summed E-state index contributed by atoms with van der Waals surface area (Å²) in [7, 11) is 0. The van der Waals surface area contributed by atoms with E-state index in [2.05, 4.69) is 62.4 Å². The van der Waals surface area contributed by atoms with Gasteiger partial charge in [0.1, 0.15) is 0 Å². The van der Waals surface area contributed by atoms with Gasteiger partial charge in [0, 0.05) is 0 Å². The third kappa shape index (κ3) is 3.01. The van der Waals surface area contributed by atoms with Gasteiger partial charge in [0.25, 0.3) is 0 Å². The first-order valence-corrected chi connectivity index (χ1v) is 7.65. The van der Waals surface area contributed by atoms with Crippen molar-refractivity contribution >= 4 is 21.5 Å². The molecule has 0 radical (unpaired) electrons. The van der Waals surface area contributed by atoms with E-state index in [1.807, 2.05) is 27.7 Å². The standard InChI is InChI=1S/C16H14.2C2H6/c1-11-7-9-16-14(12(11)2)10-8-13-5-3-4-6-15(13)16;2*1-2/h3-10H,1-2H3;2*1-2H3. The van der Waals surface area contributed by atoms with Gasteiger partial charge in [0.2, 0.25) is 0 Å². The highest BCUT2D eigenvalue weighted by Crippen LogP contribution is 2.28. The number of aryl methyl sites for hydroxylation is 2. The summed E-state index contributed by atoms with van der Waals surface area (Å²) in [5, 5.41) is 5.40. The normalized spacial score (nSPS) is 9.50. The predicted molar refractivity (Wildman–Crippen MR) is 93.6 cm³/mol.